The molecular weight excluding hydrogens is 400 g/mol. The molecule has 0 fully saturated rings. The number of rotatable bonds is 14. The van der Waals surface area contributed by atoms with E-state index in [1.54, 1.807) is 0 Å². The highest BCUT2D eigenvalue weighted by Gasteiger charge is 2.23. The number of Topliss-reactive ketones (excluding diaryl/α,β-unsaturated/α-hetero) is 1. The summed E-state index contributed by atoms with van der Waals surface area (Å²) in [6.07, 6.45) is -0.316. The Bertz CT molecular complexity index is 562. The second kappa shape index (κ2) is 13.4. The van der Waals surface area contributed by atoms with Gasteiger partial charge in [0.25, 0.3) is 0 Å². The summed E-state index contributed by atoms with van der Waals surface area (Å²) in [5.74, 6) is -3.54. The first-order valence-electron chi connectivity index (χ1n) is 7.82. The van der Waals surface area contributed by atoms with E-state index in [9.17, 15) is 24.0 Å². The van der Waals surface area contributed by atoms with Crippen molar-refractivity contribution < 1.29 is 34.2 Å². The largest absolute Gasteiger partial charge is 0.480 e. The zero-order chi connectivity index (χ0) is 21.0. The number of ketones is 1. The van der Waals surface area contributed by atoms with Crippen LogP contribution in [0.5, 0.6) is 0 Å². The summed E-state index contributed by atoms with van der Waals surface area (Å²) in [5.41, 5.74) is 10.9. The standard InChI is InChI=1S/C14H24N4O7S2/c1-7(19)9(16)5-26-27-6-10(13(23)17-4-12(21)22)18-11(20)3-2-8(15)14(24)25/h8-10H,2-6,15-16H2,1H3,(H,17,23)(H,18,20)(H,21,22)(H,24,25). The molecule has 0 aliphatic carbocycles. The Morgan fingerprint density at radius 3 is 2.11 bits per heavy atom. The molecule has 0 saturated carbocycles. The van der Waals surface area contributed by atoms with Crippen LogP contribution in [0.2, 0.25) is 0 Å². The first-order chi connectivity index (χ1) is 12.5. The third kappa shape index (κ3) is 12.2. The molecule has 0 aromatic carbocycles. The number of carbonyl (C=O) groups excluding carboxylic acids is 3. The molecular formula is C14H24N4O7S2. The number of carboxylic acids is 2. The van der Waals surface area contributed by atoms with Crippen molar-refractivity contribution in [3.8, 4) is 0 Å². The van der Waals surface area contributed by atoms with Crippen LogP contribution < -0.4 is 22.1 Å². The number of carboxylic acid groups (broad SMARTS) is 2. The summed E-state index contributed by atoms with van der Waals surface area (Å²) in [4.78, 5) is 56.3. The lowest BCUT2D eigenvalue weighted by Gasteiger charge is -2.18. The molecule has 11 nitrogen and oxygen atoms in total. The van der Waals surface area contributed by atoms with Gasteiger partial charge in [0.15, 0.2) is 0 Å². The molecule has 0 saturated heterocycles. The van der Waals surface area contributed by atoms with Crippen molar-refractivity contribution in [3.63, 3.8) is 0 Å². The molecule has 13 heteroatoms. The van der Waals surface area contributed by atoms with Crippen molar-refractivity contribution in [1.82, 2.24) is 10.6 Å². The van der Waals surface area contributed by atoms with E-state index < -0.39 is 48.4 Å². The van der Waals surface area contributed by atoms with Gasteiger partial charge in [-0.1, -0.05) is 21.6 Å². The molecule has 3 unspecified atom stereocenters. The van der Waals surface area contributed by atoms with E-state index >= 15 is 0 Å². The number of carbonyl (C=O) groups is 5. The van der Waals surface area contributed by atoms with Gasteiger partial charge in [0.2, 0.25) is 11.8 Å². The van der Waals surface area contributed by atoms with Crippen molar-refractivity contribution in [2.45, 2.75) is 37.9 Å². The van der Waals surface area contributed by atoms with Crippen LogP contribution in [0.4, 0.5) is 0 Å². The number of aliphatic carboxylic acids is 2. The molecule has 2 amide bonds. The molecule has 154 valence electrons. The zero-order valence-corrected chi connectivity index (χ0v) is 16.3. The molecule has 0 aliphatic rings. The Labute approximate surface area is 163 Å². The maximum absolute atomic E-state index is 12.1. The van der Waals surface area contributed by atoms with Gasteiger partial charge in [-0.05, 0) is 13.3 Å². The number of nitrogens with one attached hydrogen (secondary N) is 2. The predicted molar refractivity (Wildman–Crippen MR) is 101 cm³/mol. The summed E-state index contributed by atoms with van der Waals surface area (Å²) in [5, 5.41) is 21.9. The molecule has 27 heavy (non-hydrogen) atoms. The Balaban J connectivity index is 4.61. The van der Waals surface area contributed by atoms with Crippen LogP contribution in [0.15, 0.2) is 0 Å². The number of nitrogens with two attached hydrogens (primary N) is 2. The van der Waals surface area contributed by atoms with Gasteiger partial charge in [0.05, 0.1) is 6.04 Å². The fourth-order valence-electron chi connectivity index (χ4n) is 1.50. The highest BCUT2D eigenvalue weighted by Crippen LogP contribution is 2.22. The Kier molecular flexibility index (Phi) is 12.5. The molecule has 0 spiro atoms. The van der Waals surface area contributed by atoms with Gasteiger partial charge in [-0.3, -0.25) is 24.0 Å². The lowest BCUT2D eigenvalue weighted by Crippen LogP contribution is -2.49. The monoisotopic (exact) mass is 424 g/mol. The highest BCUT2D eigenvalue weighted by molar-refractivity contribution is 8.76. The number of amides is 2. The van der Waals surface area contributed by atoms with Crippen LogP contribution in [0.1, 0.15) is 19.8 Å². The second-order valence-electron chi connectivity index (χ2n) is 5.50. The van der Waals surface area contributed by atoms with E-state index in [4.69, 9.17) is 21.7 Å². The molecule has 0 aliphatic heterocycles. The summed E-state index contributed by atoms with van der Waals surface area (Å²) >= 11 is 0. The predicted octanol–water partition coefficient (Wildman–Crippen LogP) is -1.84. The van der Waals surface area contributed by atoms with Gasteiger partial charge in [-0.25, -0.2) is 0 Å². The van der Waals surface area contributed by atoms with Crippen molar-refractivity contribution in [1.29, 1.82) is 0 Å². The van der Waals surface area contributed by atoms with Crippen molar-refractivity contribution in [2.75, 3.05) is 18.1 Å². The average molecular weight is 425 g/mol. The minimum absolute atomic E-state index is 0.0947. The van der Waals surface area contributed by atoms with Gasteiger partial charge < -0.3 is 32.3 Å². The third-order valence-corrected chi connectivity index (χ3v) is 5.60. The maximum Gasteiger partial charge on any atom is 0.322 e. The lowest BCUT2D eigenvalue weighted by atomic mass is 10.1. The molecule has 0 radical (unpaired) electrons. The van der Waals surface area contributed by atoms with Crippen molar-refractivity contribution >= 4 is 51.1 Å². The summed E-state index contributed by atoms with van der Waals surface area (Å²) in [6.45, 7) is 0.752. The molecule has 0 heterocycles. The normalized spacial score (nSPS) is 13.9. The van der Waals surface area contributed by atoms with E-state index in [2.05, 4.69) is 10.6 Å². The Morgan fingerprint density at radius 2 is 1.59 bits per heavy atom. The maximum atomic E-state index is 12.1. The number of hydrogen-bond donors (Lipinski definition) is 6. The van der Waals surface area contributed by atoms with E-state index in [0.29, 0.717) is 5.75 Å². The summed E-state index contributed by atoms with van der Waals surface area (Å²) in [7, 11) is 2.42. The van der Waals surface area contributed by atoms with Gasteiger partial charge in [0.1, 0.15) is 24.4 Å². The van der Waals surface area contributed by atoms with E-state index in [-0.39, 0.29) is 24.4 Å². The third-order valence-electron chi connectivity index (χ3n) is 3.15. The molecule has 0 rings (SSSR count). The molecule has 3 atom stereocenters. The van der Waals surface area contributed by atoms with Crippen LogP contribution >= 0.6 is 21.6 Å². The minimum atomic E-state index is -1.24. The Hall–Kier alpha value is -1.83. The van der Waals surface area contributed by atoms with Crippen LogP contribution in [-0.2, 0) is 24.0 Å². The molecule has 0 bridgehead atoms. The fourth-order valence-corrected chi connectivity index (χ4v) is 3.87. The summed E-state index contributed by atoms with van der Waals surface area (Å²) < 4.78 is 0. The van der Waals surface area contributed by atoms with Crippen LogP contribution in [0.25, 0.3) is 0 Å². The first-order valence-corrected chi connectivity index (χ1v) is 10.3. The smallest absolute Gasteiger partial charge is 0.322 e. The quantitative estimate of drug-likeness (QED) is 0.135. The summed E-state index contributed by atoms with van der Waals surface area (Å²) in [6, 6.07) is -2.88. The molecule has 0 aromatic heterocycles. The van der Waals surface area contributed by atoms with E-state index in [1.165, 1.54) is 28.5 Å². The highest BCUT2D eigenvalue weighted by atomic mass is 33.1. The lowest BCUT2D eigenvalue weighted by molar-refractivity contribution is -0.139. The van der Waals surface area contributed by atoms with Crippen molar-refractivity contribution in [3.05, 3.63) is 0 Å². The van der Waals surface area contributed by atoms with Gasteiger partial charge in [-0.2, -0.15) is 0 Å². The van der Waals surface area contributed by atoms with Gasteiger partial charge in [-0.15, -0.1) is 0 Å². The van der Waals surface area contributed by atoms with Crippen molar-refractivity contribution in [2.24, 2.45) is 11.5 Å². The first kappa shape index (κ1) is 25.2. The van der Waals surface area contributed by atoms with Crippen LogP contribution in [0, 0.1) is 0 Å². The van der Waals surface area contributed by atoms with Crippen LogP contribution in [0.3, 0.4) is 0 Å². The van der Waals surface area contributed by atoms with Gasteiger partial charge in [0, 0.05) is 17.9 Å². The van der Waals surface area contributed by atoms with Crippen LogP contribution in [-0.4, -0.2) is 75.9 Å². The van der Waals surface area contributed by atoms with E-state index in [0.717, 1.165) is 0 Å². The minimum Gasteiger partial charge on any atom is -0.480 e. The number of hydrogen-bond acceptors (Lipinski definition) is 9. The molecule has 8 N–H and O–H groups in total. The Morgan fingerprint density at radius 1 is 1.00 bits per heavy atom. The average Bonchev–Trinajstić information content (AvgIpc) is 2.59. The SMILES string of the molecule is CC(=O)C(N)CSSCC(NC(=O)CCC(N)C(=O)O)C(=O)NCC(=O)O. The topological polar surface area (TPSA) is 202 Å². The fraction of sp³-hybridized carbons (Fsp3) is 0.643. The molecule has 0 aromatic rings. The van der Waals surface area contributed by atoms with Gasteiger partial charge >= 0.3 is 11.9 Å². The second-order valence-corrected chi connectivity index (χ2v) is 8.05. The van der Waals surface area contributed by atoms with E-state index in [1.807, 2.05) is 0 Å². The zero-order valence-electron chi connectivity index (χ0n) is 14.7.